The quantitative estimate of drug-likeness (QED) is 0.883. The van der Waals surface area contributed by atoms with Crippen LogP contribution in [0.25, 0.3) is 0 Å². The van der Waals surface area contributed by atoms with E-state index in [-0.39, 0.29) is 10.5 Å². The number of sulfonamides is 1. The summed E-state index contributed by atoms with van der Waals surface area (Å²) < 4.78 is 28.3. The van der Waals surface area contributed by atoms with Crippen molar-refractivity contribution in [2.24, 2.45) is 7.05 Å². The highest BCUT2D eigenvalue weighted by Crippen LogP contribution is 2.20. The van der Waals surface area contributed by atoms with Gasteiger partial charge in [0, 0.05) is 13.1 Å². The predicted octanol–water partition coefficient (Wildman–Crippen LogP) is 1.23. The SMILES string of the molecule is Cc1ccc(C(=O)O)cc1S(=O)(=O)Nc1ccnn1C. The Bertz CT molecular complexity index is 765. The first-order valence-electron chi connectivity index (χ1n) is 5.66. The van der Waals surface area contributed by atoms with Gasteiger partial charge in [-0.1, -0.05) is 6.07 Å². The maximum atomic E-state index is 12.3. The van der Waals surface area contributed by atoms with Gasteiger partial charge in [0.2, 0.25) is 0 Å². The Hall–Kier alpha value is -2.35. The summed E-state index contributed by atoms with van der Waals surface area (Å²) in [5.41, 5.74) is 0.380. The maximum Gasteiger partial charge on any atom is 0.335 e. The van der Waals surface area contributed by atoms with Crippen molar-refractivity contribution in [1.82, 2.24) is 9.78 Å². The molecule has 0 aliphatic rings. The van der Waals surface area contributed by atoms with Crippen LogP contribution in [0.15, 0.2) is 35.4 Å². The molecule has 0 aliphatic heterocycles. The molecular formula is C12H13N3O4S. The van der Waals surface area contributed by atoms with E-state index in [2.05, 4.69) is 9.82 Å². The van der Waals surface area contributed by atoms with Gasteiger partial charge in [0.25, 0.3) is 10.0 Å². The normalized spacial score (nSPS) is 11.3. The van der Waals surface area contributed by atoms with Crippen molar-refractivity contribution in [2.75, 3.05) is 4.72 Å². The zero-order valence-electron chi connectivity index (χ0n) is 10.9. The van der Waals surface area contributed by atoms with Crippen molar-refractivity contribution in [3.8, 4) is 0 Å². The average molecular weight is 295 g/mol. The Labute approximate surface area is 115 Å². The molecule has 0 atom stereocenters. The van der Waals surface area contributed by atoms with Crippen LogP contribution in [0.4, 0.5) is 5.82 Å². The van der Waals surface area contributed by atoms with Gasteiger partial charge in [-0.2, -0.15) is 5.10 Å². The molecule has 0 radical (unpaired) electrons. The van der Waals surface area contributed by atoms with E-state index in [1.807, 2.05) is 0 Å². The number of aromatic nitrogens is 2. The molecule has 2 N–H and O–H groups in total. The van der Waals surface area contributed by atoms with Gasteiger partial charge in [-0.25, -0.2) is 13.2 Å². The molecule has 0 amide bonds. The van der Waals surface area contributed by atoms with Gasteiger partial charge >= 0.3 is 5.97 Å². The van der Waals surface area contributed by atoms with Crippen LogP contribution in [0.3, 0.4) is 0 Å². The highest BCUT2D eigenvalue weighted by atomic mass is 32.2. The first-order valence-corrected chi connectivity index (χ1v) is 7.14. The summed E-state index contributed by atoms with van der Waals surface area (Å²) in [4.78, 5) is 10.9. The first kappa shape index (κ1) is 14.1. The van der Waals surface area contributed by atoms with E-state index in [0.29, 0.717) is 11.4 Å². The zero-order valence-corrected chi connectivity index (χ0v) is 11.7. The number of carboxylic acids is 1. The molecule has 1 heterocycles. The van der Waals surface area contributed by atoms with Crippen molar-refractivity contribution in [1.29, 1.82) is 0 Å². The third-order valence-corrected chi connectivity index (χ3v) is 4.28. The van der Waals surface area contributed by atoms with Gasteiger partial charge in [-0.05, 0) is 24.6 Å². The minimum Gasteiger partial charge on any atom is -0.478 e. The Morgan fingerprint density at radius 2 is 2.05 bits per heavy atom. The largest absolute Gasteiger partial charge is 0.478 e. The molecule has 0 spiro atoms. The van der Waals surface area contributed by atoms with Crippen molar-refractivity contribution >= 4 is 21.8 Å². The fourth-order valence-electron chi connectivity index (χ4n) is 1.69. The van der Waals surface area contributed by atoms with Crippen molar-refractivity contribution in [3.05, 3.63) is 41.6 Å². The molecule has 0 saturated heterocycles. The summed E-state index contributed by atoms with van der Waals surface area (Å²) >= 11 is 0. The molecule has 7 nitrogen and oxygen atoms in total. The van der Waals surface area contributed by atoms with Crippen LogP contribution in [0.1, 0.15) is 15.9 Å². The Morgan fingerprint density at radius 3 is 2.60 bits per heavy atom. The smallest absolute Gasteiger partial charge is 0.335 e. The highest BCUT2D eigenvalue weighted by molar-refractivity contribution is 7.92. The number of hydrogen-bond acceptors (Lipinski definition) is 4. The molecule has 1 aromatic heterocycles. The topological polar surface area (TPSA) is 101 Å². The van der Waals surface area contributed by atoms with Gasteiger partial charge in [-0.3, -0.25) is 9.40 Å². The lowest BCUT2D eigenvalue weighted by Gasteiger charge is -2.11. The van der Waals surface area contributed by atoms with E-state index >= 15 is 0 Å². The molecule has 0 saturated carbocycles. The van der Waals surface area contributed by atoms with Gasteiger partial charge < -0.3 is 5.11 Å². The number of rotatable bonds is 4. The van der Waals surface area contributed by atoms with Crippen LogP contribution in [0.2, 0.25) is 0 Å². The number of nitrogens with one attached hydrogen (secondary N) is 1. The average Bonchev–Trinajstić information content (AvgIpc) is 2.74. The molecule has 0 aliphatic carbocycles. The summed E-state index contributed by atoms with van der Waals surface area (Å²) in [5, 5.41) is 12.8. The number of aryl methyl sites for hydroxylation is 2. The van der Waals surface area contributed by atoms with Crippen molar-refractivity contribution in [2.45, 2.75) is 11.8 Å². The summed E-state index contributed by atoms with van der Waals surface area (Å²) in [6.45, 7) is 1.60. The molecule has 2 aromatic rings. The van der Waals surface area contributed by atoms with E-state index < -0.39 is 16.0 Å². The second kappa shape index (κ2) is 4.97. The molecule has 1 aromatic carbocycles. The van der Waals surface area contributed by atoms with Crippen LogP contribution in [0, 0.1) is 6.92 Å². The molecule has 2 rings (SSSR count). The Balaban J connectivity index is 2.46. The Kier molecular flexibility index (Phi) is 3.49. The lowest BCUT2D eigenvalue weighted by molar-refractivity contribution is 0.0696. The van der Waals surface area contributed by atoms with Gasteiger partial charge in [-0.15, -0.1) is 0 Å². The fraction of sp³-hybridized carbons (Fsp3) is 0.167. The second-order valence-electron chi connectivity index (χ2n) is 4.23. The molecule has 0 fully saturated rings. The lowest BCUT2D eigenvalue weighted by atomic mass is 10.1. The molecule has 8 heteroatoms. The van der Waals surface area contributed by atoms with Crippen LogP contribution in [0.5, 0.6) is 0 Å². The number of carbonyl (C=O) groups is 1. The summed E-state index contributed by atoms with van der Waals surface area (Å²) in [7, 11) is -2.27. The van der Waals surface area contributed by atoms with E-state index in [1.54, 1.807) is 14.0 Å². The highest BCUT2D eigenvalue weighted by Gasteiger charge is 2.20. The number of benzene rings is 1. The predicted molar refractivity (Wildman–Crippen MR) is 72.2 cm³/mol. The molecule has 0 unspecified atom stereocenters. The van der Waals surface area contributed by atoms with E-state index in [0.717, 1.165) is 6.07 Å². The van der Waals surface area contributed by atoms with E-state index in [4.69, 9.17) is 5.11 Å². The second-order valence-corrected chi connectivity index (χ2v) is 5.88. The van der Waals surface area contributed by atoms with Crippen LogP contribution in [-0.2, 0) is 17.1 Å². The van der Waals surface area contributed by atoms with E-state index in [1.165, 1.54) is 29.1 Å². The molecular weight excluding hydrogens is 282 g/mol. The first-order chi connectivity index (χ1) is 9.31. The van der Waals surface area contributed by atoms with Crippen LogP contribution in [-0.4, -0.2) is 29.3 Å². The summed E-state index contributed by atoms with van der Waals surface area (Å²) in [6.07, 6.45) is 1.46. The minimum absolute atomic E-state index is 0.0707. The van der Waals surface area contributed by atoms with Crippen LogP contribution < -0.4 is 4.72 Å². The maximum absolute atomic E-state index is 12.3. The monoisotopic (exact) mass is 295 g/mol. The van der Waals surface area contributed by atoms with Crippen molar-refractivity contribution < 1.29 is 18.3 Å². The molecule has 20 heavy (non-hydrogen) atoms. The summed E-state index contributed by atoms with van der Waals surface area (Å²) in [5.74, 6) is -0.882. The number of carboxylic acid groups (broad SMARTS) is 1. The van der Waals surface area contributed by atoms with Crippen molar-refractivity contribution in [3.63, 3.8) is 0 Å². The number of hydrogen-bond donors (Lipinski definition) is 2. The third-order valence-electron chi connectivity index (χ3n) is 2.78. The number of nitrogens with zero attached hydrogens (tertiary/aromatic N) is 2. The van der Waals surface area contributed by atoms with Gasteiger partial charge in [0.05, 0.1) is 16.7 Å². The van der Waals surface area contributed by atoms with Gasteiger partial charge in [0.1, 0.15) is 5.82 Å². The number of aromatic carboxylic acids is 1. The third kappa shape index (κ3) is 2.64. The van der Waals surface area contributed by atoms with E-state index in [9.17, 15) is 13.2 Å². The van der Waals surface area contributed by atoms with Gasteiger partial charge in [0.15, 0.2) is 0 Å². The fourth-order valence-corrected chi connectivity index (χ4v) is 3.05. The molecule has 106 valence electrons. The zero-order chi connectivity index (χ0) is 14.9. The number of anilines is 1. The van der Waals surface area contributed by atoms with Crippen LogP contribution >= 0.6 is 0 Å². The molecule has 0 bridgehead atoms. The lowest BCUT2D eigenvalue weighted by Crippen LogP contribution is -2.17. The summed E-state index contributed by atoms with van der Waals surface area (Å²) in [6, 6.07) is 5.46. The standard InChI is InChI=1S/C12H13N3O4S/c1-8-3-4-9(12(16)17)7-10(8)20(18,19)14-11-5-6-13-15(11)2/h3-7,14H,1-2H3,(H,16,17). The Morgan fingerprint density at radius 1 is 1.35 bits per heavy atom. The minimum atomic E-state index is -3.87.